The van der Waals surface area contributed by atoms with Crippen molar-refractivity contribution in [2.45, 2.75) is 0 Å². The number of aromatic nitrogens is 1. The van der Waals surface area contributed by atoms with E-state index in [1.54, 1.807) is 31.4 Å². The minimum absolute atomic E-state index is 0.111. The van der Waals surface area contributed by atoms with Crippen LogP contribution in [0.25, 0.3) is 11.3 Å². The molecule has 0 spiro atoms. The molecule has 1 N–H and O–H groups in total. The molecule has 118 valence electrons. The van der Waals surface area contributed by atoms with Gasteiger partial charge in [-0.2, -0.15) is 0 Å². The molecule has 0 radical (unpaired) electrons. The van der Waals surface area contributed by atoms with Crippen LogP contribution in [0, 0.1) is 0 Å². The van der Waals surface area contributed by atoms with Gasteiger partial charge in [-0.1, -0.05) is 28.9 Å². The molecule has 6 nitrogen and oxygen atoms in total. The summed E-state index contributed by atoms with van der Waals surface area (Å²) in [5.41, 5.74) is 1.29. The van der Waals surface area contributed by atoms with Crippen LogP contribution in [-0.2, 0) is 4.74 Å². The summed E-state index contributed by atoms with van der Waals surface area (Å²) < 4.78 is 10.1. The average Bonchev–Trinajstić information content (AvgIpc) is 3.00. The Bertz CT molecular complexity index is 630. The smallest absolute Gasteiger partial charge is 0.292 e. The van der Waals surface area contributed by atoms with E-state index < -0.39 is 0 Å². The second-order valence-electron chi connectivity index (χ2n) is 4.60. The molecular formula is C15H17ClN2O4. The predicted octanol–water partition coefficient (Wildman–Crippen LogP) is 2.08. The zero-order valence-electron chi connectivity index (χ0n) is 12.2. The molecule has 0 saturated heterocycles. The number of aliphatic hydroxyl groups is 1. The maximum Gasteiger partial charge on any atom is 0.292 e. The number of carbonyl (C=O) groups is 1. The Morgan fingerprint density at radius 2 is 2.23 bits per heavy atom. The van der Waals surface area contributed by atoms with E-state index in [-0.39, 0.29) is 24.8 Å². The third-order valence-corrected chi connectivity index (χ3v) is 3.30. The fourth-order valence-electron chi connectivity index (χ4n) is 1.95. The van der Waals surface area contributed by atoms with Crippen molar-refractivity contribution < 1.29 is 19.2 Å². The van der Waals surface area contributed by atoms with Crippen molar-refractivity contribution in [3.63, 3.8) is 0 Å². The number of rotatable bonds is 7. The van der Waals surface area contributed by atoms with Gasteiger partial charge in [0.15, 0.2) is 0 Å². The Labute approximate surface area is 133 Å². The Morgan fingerprint density at radius 3 is 2.91 bits per heavy atom. The first-order chi connectivity index (χ1) is 10.7. The predicted molar refractivity (Wildman–Crippen MR) is 81.8 cm³/mol. The summed E-state index contributed by atoms with van der Waals surface area (Å²) in [7, 11) is 1.55. The molecule has 7 heteroatoms. The largest absolute Gasteiger partial charge is 0.395 e. The Kier molecular flexibility index (Phi) is 5.94. The molecule has 2 rings (SSSR count). The lowest BCUT2D eigenvalue weighted by Crippen LogP contribution is -2.36. The Morgan fingerprint density at radius 1 is 1.41 bits per heavy atom. The lowest BCUT2D eigenvalue weighted by molar-refractivity contribution is 0.0617. The summed E-state index contributed by atoms with van der Waals surface area (Å²) in [6.07, 6.45) is 0. The molecule has 0 bridgehead atoms. The molecule has 0 aliphatic heterocycles. The summed E-state index contributed by atoms with van der Waals surface area (Å²) in [6, 6.07) is 8.68. The number of benzene rings is 1. The van der Waals surface area contributed by atoms with Gasteiger partial charge in [0.2, 0.25) is 5.76 Å². The van der Waals surface area contributed by atoms with E-state index in [0.29, 0.717) is 23.9 Å². The summed E-state index contributed by atoms with van der Waals surface area (Å²) in [4.78, 5) is 13.8. The van der Waals surface area contributed by atoms with Crippen LogP contribution in [-0.4, -0.2) is 54.5 Å². The monoisotopic (exact) mass is 324 g/mol. The number of amides is 1. The highest BCUT2D eigenvalue weighted by Crippen LogP contribution is 2.22. The summed E-state index contributed by atoms with van der Waals surface area (Å²) >= 11 is 5.94. The molecule has 22 heavy (non-hydrogen) atoms. The van der Waals surface area contributed by atoms with Crippen LogP contribution < -0.4 is 0 Å². The van der Waals surface area contributed by atoms with E-state index in [0.717, 1.165) is 5.56 Å². The number of nitrogens with zero attached hydrogens (tertiary/aromatic N) is 2. The van der Waals surface area contributed by atoms with Gasteiger partial charge in [0.25, 0.3) is 5.91 Å². The third-order valence-electron chi connectivity index (χ3n) is 3.06. The van der Waals surface area contributed by atoms with E-state index in [4.69, 9.17) is 26.0 Å². The van der Waals surface area contributed by atoms with E-state index in [9.17, 15) is 4.79 Å². The fraction of sp³-hybridized carbons (Fsp3) is 0.333. The van der Waals surface area contributed by atoms with Gasteiger partial charge in [0.05, 0.1) is 13.2 Å². The summed E-state index contributed by atoms with van der Waals surface area (Å²) in [5.74, 6) is -0.230. The highest BCUT2D eigenvalue weighted by atomic mass is 35.5. The molecule has 0 fully saturated rings. The minimum atomic E-state index is -0.341. The van der Waals surface area contributed by atoms with Gasteiger partial charge >= 0.3 is 0 Å². The molecule has 1 heterocycles. The molecule has 1 amide bonds. The number of aliphatic hydroxyl groups excluding tert-OH is 1. The Hall–Kier alpha value is -1.89. The normalized spacial score (nSPS) is 10.7. The first-order valence-electron chi connectivity index (χ1n) is 6.77. The number of methoxy groups -OCH3 is 1. The van der Waals surface area contributed by atoms with Gasteiger partial charge in [-0.3, -0.25) is 4.79 Å². The van der Waals surface area contributed by atoms with Crippen molar-refractivity contribution in [1.29, 1.82) is 0 Å². The van der Waals surface area contributed by atoms with Gasteiger partial charge in [-0.25, -0.2) is 0 Å². The van der Waals surface area contributed by atoms with Gasteiger partial charge in [0, 0.05) is 36.9 Å². The lowest BCUT2D eigenvalue weighted by Gasteiger charge is -2.19. The first-order valence-corrected chi connectivity index (χ1v) is 7.15. The second-order valence-corrected chi connectivity index (χ2v) is 5.03. The van der Waals surface area contributed by atoms with Gasteiger partial charge in [0.1, 0.15) is 5.69 Å². The molecule has 0 aliphatic carbocycles. The van der Waals surface area contributed by atoms with E-state index >= 15 is 0 Å². The topological polar surface area (TPSA) is 75.8 Å². The third kappa shape index (κ3) is 4.07. The number of carbonyl (C=O) groups excluding carboxylic acids is 1. The quantitative estimate of drug-likeness (QED) is 0.844. The average molecular weight is 325 g/mol. The van der Waals surface area contributed by atoms with Crippen LogP contribution in [0.15, 0.2) is 34.9 Å². The van der Waals surface area contributed by atoms with Crippen molar-refractivity contribution in [2.75, 3.05) is 33.4 Å². The standard InChI is InChI=1S/C15H17ClN2O4/c1-21-8-6-18(5-7-19)15(20)14-10-13(17-22-14)11-3-2-4-12(16)9-11/h2-4,9-10,19H,5-8H2,1H3. The lowest BCUT2D eigenvalue weighted by atomic mass is 10.1. The molecule has 0 saturated carbocycles. The number of hydrogen-bond acceptors (Lipinski definition) is 5. The molecule has 0 unspecified atom stereocenters. The van der Waals surface area contributed by atoms with E-state index in [1.165, 1.54) is 4.90 Å². The van der Waals surface area contributed by atoms with Crippen LogP contribution in [0.5, 0.6) is 0 Å². The molecule has 1 aromatic heterocycles. The first kappa shape index (κ1) is 16.5. The van der Waals surface area contributed by atoms with Crippen LogP contribution in [0.4, 0.5) is 0 Å². The number of hydrogen-bond donors (Lipinski definition) is 1. The molecule has 1 aromatic carbocycles. The van der Waals surface area contributed by atoms with Crippen molar-refractivity contribution in [1.82, 2.24) is 10.1 Å². The van der Waals surface area contributed by atoms with Gasteiger partial charge in [-0.05, 0) is 12.1 Å². The summed E-state index contributed by atoms with van der Waals surface area (Å²) in [5, 5.41) is 13.5. The SMILES string of the molecule is COCCN(CCO)C(=O)c1cc(-c2cccc(Cl)c2)no1. The van der Waals surface area contributed by atoms with Gasteiger partial charge < -0.3 is 19.3 Å². The maximum atomic E-state index is 12.4. The Balaban J connectivity index is 2.16. The highest BCUT2D eigenvalue weighted by Gasteiger charge is 2.20. The number of ether oxygens (including phenoxy) is 1. The van der Waals surface area contributed by atoms with Crippen molar-refractivity contribution in [3.05, 3.63) is 41.1 Å². The molecular weight excluding hydrogens is 308 g/mol. The minimum Gasteiger partial charge on any atom is -0.395 e. The fourth-order valence-corrected chi connectivity index (χ4v) is 2.14. The zero-order chi connectivity index (χ0) is 15.9. The van der Waals surface area contributed by atoms with Crippen LogP contribution in [0.3, 0.4) is 0 Å². The van der Waals surface area contributed by atoms with Gasteiger partial charge in [-0.15, -0.1) is 0 Å². The number of halogens is 1. The van der Waals surface area contributed by atoms with E-state index in [2.05, 4.69) is 5.16 Å². The van der Waals surface area contributed by atoms with Crippen molar-refractivity contribution in [2.24, 2.45) is 0 Å². The van der Waals surface area contributed by atoms with E-state index in [1.807, 2.05) is 6.07 Å². The van der Waals surface area contributed by atoms with Crippen molar-refractivity contribution in [3.8, 4) is 11.3 Å². The highest BCUT2D eigenvalue weighted by molar-refractivity contribution is 6.30. The van der Waals surface area contributed by atoms with Crippen LogP contribution in [0.2, 0.25) is 5.02 Å². The zero-order valence-corrected chi connectivity index (χ0v) is 12.9. The van der Waals surface area contributed by atoms with Crippen LogP contribution in [0.1, 0.15) is 10.6 Å². The van der Waals surface area contributed by atoms with Crippen molar-refractivity contribution >= 4 is 17.5 Å². The molecule has 2 aromatic rings. The maximum absolute atomic E-state index is 12.4. The summed E-state index contributed by atoms with van der Waals surface area (Å²) in [6.45, 7) is 0.810. The second kappa shape index (κ2) is 7.93. The van der Waals surface area contributed by atoms with Crippen LogP contribution >= 0.6 is 11.6 Å². The molecule has 0 aliphatic rings. The molecule has 0 atom stereocenters.